The number of ether oxygens (including phenoxy) is 2. The number of Topliss-reactive ketones (excluding diaryl/α,β-unsaturated/α-hetero) is 1. The monoisotopic (exact) mass is 181 g/mol. The molecule has 0 atom stereocenters. The summed E-state index contributed by atoms with van der Waals surface area (Å²) in [5, 5.41) is 0. The largest absolute Gasteiger partial charge is 0.485 e. The fourth-order valence-corrected chi connectivity index (χ4v) is 0.948. The average Bonchev–Trinajstić information content (AvgIpc) is 2.16. The normalized spacial score (nSPS) is 15.5. The number of hydrogen-bond acceptors (Lipinski definition) is 4. The molecule has 0 aromatic heterocycles. The summed E-state index contributed by atoms with van der Waals surface area (Å²) >= 11 is 0. The Morgan fingerprint density at radius 2 is 2.15 bits per heavy atom. The maximum atomic E-state index is 11.0. The fraction of sp³-hybridized carbons (Fsp3) is 0.444. The Morgan fingerprint density at radius 1 is 1.46 bits per heavy atom. The first-order chi connectivity index (χ1) is 6.19. The third-order valence-corrected chi connectivity index (χ3v) is 1.66. The molecule has 1 aliphatic heterocycles. The van der Waals surface area contributed by atoms with Gasteiger partial charge in [-0.3, -0.25) is 4.79 Å². The van der Waals surface area contributed by atoms with Crippen molar-refractivity contribution >= 4 is 11.7 Å². The van der Waals surface area contributed by atoms with Crippen molar-refractivity contribution in [3.05, 3.63) is 17.1 Å². The van der Waals surface area contributed by atoms with Crippen LogP contribution in [-0.2, 0) is 14.3 Å². The van der Waals surface area contributed by atoms with Gasteiger partial charge in [0, 0.05) is 0 Å². The molecule has 0 saturated carbocycles. The van der Waals surface area contributed by atoms with Gasteiger partial charge in [0.15, 0.2) is 5.78 Å². The van der Waals surface area contributed by atoms with Crippen molar-refractivity contribution in [2.45, 2.75) is 6.92 Å². The van der Waals surface area contributed by atoms with Crippen LogP contribution in [0.4, 0.5) is 0 Å². The number of carbonyl (C=O) groups excluding carboxylic acids is 1. The lowest BCUT2D eigenvalue weighted by atomic mass is 10.1. The fourth-order valence-electron chi connectivity index (χ4n) is 0.948. The van der Waals surface area contributed by atoms with Crippen molar-refractivity contribution in [3.63, 3.8) is 0 Å². The van der Waals surface area contributed by atoms with Crippen LogP contribution in [0.2, 0.25) is 0 Å². The van der Waals surface area contributed by atoms with Crippen LogP contribution in [0.5, 0.6) is 0 Å². The van der Waals surface area contributed by atoms with E-state index in [2.05, 4.69) is 10.7 Å². The number of carbonyl (C=O) groups is 1. The summed E-state index contributed by atoms with van der Waals surface area (Å²) < 4.78 is 9.88. The van der Waals surface area contributed by atoms with Crippen molar-refractivity contribution in [2.24, 2.45) is 4.99 Å². The van der Waals surface area contributed by atoms with Gasteiger partial charge < -0.3 is 9.47 Å². The number of nitrogens with zero attached hydrogens (tertiary/aromatic N) is 1. The minimum Gasteiger partial charge on any atom is -0.485 e. The van der Waals surface area contributed by atoms with E-state index >= 15 is 0 Å². The molecule has 4 nitrogen and oxygen atoms in total. The number of aliphatic imine (C=N–C) groups is 1. The third kappa shape index (κ3) is 1.98. The summed E-state index contributed by atoms with van der Waals surface area (Å²) in [6.07, 6.45) is 0. The van der Waals surface area contributed by atoms with E-state index in [1.807, 2.05) is 0 Å². The predicted octanol–water partition coefficient (Wildman–Crippen LogP) is 0.690. The van der Waals surface area contributed by atoms with E-state index in [4.69, 9.17) is 9.47 Å². The van der Waals surface area contributed by atoms with Crippen molar-refractivity contribution in [3.8, 4) is 0 Å². The summed E-state index contributed by atoms with van der Waals surface area (Å²) in [7, 11) is 2.98. The second-order valence-corrected chi connectivity index (χ2v) is 2.52. The van der Waals surface area contributed by atoms with E-state index in [-0.39, 0.29) is 5.78 Å². The van der Waals surface area contributed by atoms with Gasteiger partial charge in [-0.15, -0.1) is 0 Å². The number of rotatable bonds is 2. The second-order valence-electron chi connectivity index (χ2n) is 2.52. The number of methoxy groups -OCH3 is 2. The molecule has 0 N–H and O–H groups in total. The first-order valence-electron chi connectivity index (χ1n) is 3.82. The Kier molecular flexibility index (Phi) is 2.88. The van der Waals surface area contributed by atoms with E-state index in [1.165, 1.54) is 21.1 Å². The molecule has 0 radical (unpaired) electrons. The highest BCUT2D eigenvalue weighted by atomic mass is 16.5. The van der Waals surface area contributed by atoms with E-state index in [0.29, 0.717) is 23.8 Å². The van der Waals surface area contributed by atoms with Gasteiger partial charge in [-0.1, -0.05) is 5.73 Å². The molecule has 0 amide bonds. The molecule has 4 heteroatoms. The minimum atomic E-state index is -0.0477. The number of ketones is 1. The smallest absolute Gasteiger partial charge is 0.261 e. The first kappa shape index (κ1) is 9.55. The Hall–Kier alpha value is -1.54. The van der Waals surface area contributed by atoms with Crippen molar-refractivity contribution in [2.75, 3.05) is 20.8 Å². The molecule has 0 aromatic rings. The molecule has 0 fully saturated rings. The molecular formula is C9H11NO3. The minimum absolute atomic E-state index is 0.0477. The molecule has 0 spiro atoms. The number of hydrogen-bond donors (Lipinski definition) is 0. The molecule has 1 rings (SSSR count). The van der Waals surface area contributed by atoms with Crippen LogP contribution in [0.15, 0.2) is 22.1 Å². The van der Waals surface area contributed by atoms with Crippen LogP contribution in [0, 0.1) is 0 Å². The molecule has 0 unspecified atom stereocenters. The Morgan fingerprint density at radius 3 is 2.62 bits per heavy atom. The van der Waals surface area contributed by atoms with Gasteiger partial charge in [0.05, 0.1) is 26.3 Å². The Balaban J connectivity index is 3.07. The molecule has 13 heavy (non-hydrogen) atoms. The molecule has 0 aliphatic carbocycles. The van der Waals surface area contributed by atoms with Gasteiger partial charge in [-0.2, -0.15) is 0 Å². The third-order valence-electron chi connectivity index (χ3n) is 1.66. The maximum absolute atomic E-state index is 11.0. The van der Waals surface area contributed by atoms with E-state index < -0.39 is 0 Å². The standard InChI is InChI=1S/C9H11NO3/c1-6(11)7-4-8(12-2)9(13-3)10-5-7/h5H2,1-3H3. The molecular weight excluding hydrogens is 170 g/mol. The molecule has 1 heterocycles. The lowest BCUT2D eigenvalue weighted by Crippen LogP contribution is -2.14. The van der Waals surface area contributed by atoms with E-state index in [9.17, 15) is 4.79 Å². The zero-order valence-corrected chi connectivity index (χ0v) is 7.88. The maximum Gasteiger partial charge on any atom is 0.261 e. The van der Waals surface area contributed by atoms with Crippen LogP contribution >= 0.6 is 0 Å². The van der Waals surface area contributed by atoms with Gasteiger partial charge in [0.25, 0.3) is 5.90 Å². The lowest BCUT2D eigenvalue weighted by molar-refractivity contribution is -0.113. The summed E-state index contributed by atoms with van der Waals surface area (Å²) in [5.74, 6) is 0.708. The van der Waals surface area contributed by atoms with Crippen molar-refractivity contribution < 1.29 is 14.3 Å². The summed E-state index contributed by atoms with van der Waals surface area (Å²) in [5.41, 5.74) is 3.32. The Labute approximate surface area is 76.6 Å². The van der Waals surface area contributed by atoms with Crippen molar-refractivity contribution in [1.29, 1.82) is 0 Å². The highest BCUT2D eigenvalue weighted by Gasteiger charge is 2.14. The summed E-state index contributed by atoms with van der Waals surface area (Å²) in [4.78, 5) is 15.0. The highest BCUT2D eigenvalue weighted by molar-refractivity contribution is 5.99. The second kappa shape index (κ2) is 3.92. The molecule has 0 bridgehead atoms. The zero-order chi connectivity index (χ0) is 9.84. The molecule has 1 aliphatic rings. The van der Waals surface area contributed by atoms with Crippen LogP contribution in [0.3, 0.4) is 0 Å². The van der Waals surface area contributed by atoms with Crippen LogP contribution in [-0.4, -0.2) is 32.4 Å². The average molecular weight is 181 g/mol. The van der Waals surface area contributed by atoms with Gasteiger partial charge >= 0.3 is 0 Å². The van der Waals surface area contributed by atoms with Gasteiger partial charge in [0.2, 0.25) is 5.76 Å². The van der Waals surface area contributed by atoms with E-state index in [0.717, 1.165) is 0 Å². The quantitative estimate of drug-likeness (QED) is 0.589. The van der Waals surface area contributed by atoms with Crippen molar-refractivity contribution in [1.82, 2.24) is 0 Å². The summed E-state index contributed by atoms with van der Waals surface area (Å²) in [6.45, 7) is 1.79. The van der Waals surface area contributed by atoms with Gasteiger partial charge in [-0.05, 0) is 6.92 Å². The molecule has 70 valence electrons. The predicted molar refractivity (Wildman–Crippen MR) is 47.5 cm³/mol. The van der Waals surface area contributed by atoms with Gasteiger partial charge in [-0.25, -0.2) is 4.99 Å². The van der Waals surface area contributed by atoms with Crippen LogP contribution in [0.1, 0.15) is 6.92 Å². The molecule has 0 saturated heterocycles. The van der Waals surface area contributed by atoms with Gasteiger partial charge in [0.1, 0.15) is 0 Å². The molecule has 0 aromatic carbocycles. The van der Waals surface area contributed by atoms with E-state index in [1.54, 1.807) is 0 Å². The SMILES string of the molecule is COC1=C=C(C(C)=O)CN=C1OC. The Bertz CT molecular complexity index is 322. The zero-order valence-electron chi connectivity index (χ0n) is 7.88. The highest BCUT2D eigenvalue weighted by Crippen LogP contribution is 2.09. The van der Waals surface area contributed by atoms with Crippen LogP contribution < -0.4 is 0 Å². The topological polar surface area (TPSA) is 47.9 Å². The van der Waals surface area contributed by atoms with Crippen LogP contribution in [0.25, 0.3) is 0 Å². The lowest BCUT2D eigenvalue weighted by Gasteiger charge is -2.10. The summed E-state index contributed by atoms with van der Waals surface area (Å²) in [6, 6.07) is 0. The first-order valence-corrected chi connectivity index (χ1v) is 3.82.